The second-order valence-electron chi connectivity index (χ2n) is 8.60. The Bertz CT molecular complexity index is 1300. The quantitative estimate of drug-likeness (QED) is 0.546. The molecule has 0 unspecified atom stereocenters. The van der Waals surface area contributed by atoms with Crippen LogP contribution < -0.4 is 5.56 Å². The summed E-state index contributed by atoms with van der Waals surface area (Å²) in [6.07, 6.45) is 0.885. The lowest BCUT2D eigenvalue weighted by Crippen LogP contribution is -2.48. The molecule has 6 nitrogen and oxygen atoms in total. The number of benzene rings is 1. The van der Waals surface area contributed by atoms with Crippen LogP contribution in [-0.2, 0) is 17.8 Å². The second-order valence-corrected chi connectivity index (χ2v) is 10.2. The number of amides is 1. The Labute approximate surface area is 208 Å². The van der Waals surface area contributed by atoms with Gasteiger partial charge in [0.1, 0.15) is 11.6 Å². The number of aromatic nitrogens is 1. The molecule has 176 valence electrons. The first kappa shape index (κ1) is 24.2. The summed E-state index contributed by atoms with van der Waals surface area (Å²) in [6, 6.07) is 14.2. The van der Waals surface area contributed by atoms with Crippen LogP contribution in [0.1, 0.15) is 33.7 Å². The van der Waals surface area contributed by atoms with Crippen LogP contribution in [0.25, 0.3) is 10.4 Å². The van der Waals surface area contributed by atoms with E-state index in [-0.39, 0.29) is 17.0 Å². The molecule has 0 radical (unpaired) electrons. The summed E-state index contributed by atoms with van der Waals surface area (Å²) < 4.78 is 0. The lowest BCUT2D eigenvalue weighted by Gasteiger charge is -2.34. The Morgan fingerprint density at radius 1 is 1.18 bits per heavy atom. The van der Waals surface area contributed by atoms with Crippen molar-refractivity contribution in [2.75, 3.05) is 26.2 Å². The fourth-order valence-electron chi connectivity index (χ4n) is 4.45. The number of thiophene rings is 1. The standard InChI is InChI=1S/C26H27ClN4O2S/c1-17-22(18(2)29-26(33)23(17)15-28)7-9-25(32)31-12-10-30(11-13-31)16-21-6-8-24(34-21)19-4-3-5-20(27)14-19/h3-6,8,14H,7,9-13,16H2,1-2H3,(H,29,33). The van der Waals surface area contributed by atoms with Crippen molar-refractivity contribution in [1.82, 2.24) is 14.8 Å². The van der Waals surface area contributed by atoms with Gasteiger partial charge in [0, 0.05) is 59.6 Å². The smallest absolute Gasteiger partial charge is 0.266 e. The average molecular weight is 495 g/mol. The van der Waals surface area contributed by atoms with E-state index in [2.05, 4.69) is 28.1 Å². The van der Waals surface area contributed by atoms with Crippen LogP contribution in [0.5, 0.6) is 0 Å². The highest BCUT2D eigenvalue weighted by Crippen LogP contribution is 2.30. The molecule has 0 bridgehead atoms. The summed E-state index contributed by atoms with van der Waals surface area (Å²) in [7, 11) is 0. The number of nitriles is 1. The molecular formula is C26H27ClN4O2S. The summed E-state index contributed by atoms with van der Waals surface area (Å²) in [5.41, 5.74) is 3.19. The highest BCUT2D eigenvalue weighted by Gasteiger charge is 2.22. The molecular weight excluding hydrogens is 468 g/mol. The normalized spacial score (nSPS) is 14.2. The molecule has 1 amide bonds. The van der Waals surface area contributed by atoms with Crippen LogP contribution in [0.15, 0.2) is 41.2 Å². The van der Waals surface area contributed by atoms with Gasteiger partial charge in [0.05, 0.1) is 0 Å². The fourth-order valence-corrected chi connectivity index (χ4v) is 5.68. The van der Waals surface area contributed by atoms with Crippen LogP contribution in [0, 0.1) is 25.2 Å². The third kappa shape index (κ3) is 5.41. The van der Waals surface area contributed by atoms with E-state index in [4.69, 9.17) is 11.6 Å². The van der Waals surface area contributed by atoms with Gasteiger partial charge in [-0.25, -0.2) is 0 Å². The van der Waals surface area contributed by atoms with Gasteiger partial charge in [-0.3, -0.25) is 14.5 Å². The molecule has 34 heavy (non-hydrogen) atoms. The molecule has 1 aliphatic heterocycles. The fraction of sp³-hybridized carbons (Fsp3) is 0.346. The maximum absolute atomic E-state index is 12.8. The summed E-state index contributed by atoms with van der Waals surface area (Å²) in [4.78, 5) is 34.3. The van der Waals surface area contributed by atoms with Gasteiger partial charge in [-0.05, 0) is 61.2 Å². The number of aromatic amines is 1. The highest BCUT2D eigenvalue weighted by molar-refractivity contribution is 7.15. The van der Waals surface area contributed by atoms with Crippen molar-refractivity contribution in [2.45, 2.75) is 33.2 Å². The van der Waals surface area contributed by atoms with Gasteiger partial charge in [0.25, 0.3) is 5.56 Å². The molecule has 3 heterocycles. The predicted octanol–water partition coefficient (Wildman–Crippen LogP) is 4.52. The molecule has 2 aromatic heterocycles. The Balaban J connectivity index is 1.29. The van der Waals surface area contributed by atoms with Gasteiger partial charge in [-0.1, -0.05) is 23.7 Å². The first-order chi connectivity index (χ1) is 16.4. The van der Waals surface area contributed by atoms with Gasteiger partial charge < -0.3 is 9.88 Å². The topological polar surface area (TPSA) is 80.2 Å². The zero-order valence-electron chi connectivity index (χ0n) is 19.4. The number of nitrogens with one attached hydrogen (secondary N) is 1. The van der Waals surface area contributed by atoms with Crippen molar-refractivity contribution in [3.8, 4) is 16.5 Å². The van der Waals surface area contributed by atoms with E-state index in [0.717, 1.165) is 41.5 Å². The molecule has 1 N–H and O–H groups in total. The van der Waals surface area contributed by atoms with Gasteiger partial charge in [-0.15, -0.1) is 11.3 Å². The minimum absolute atomic E-state index is 0.113. The molecule has 1 aromatic carbocycles. The molecule has 4 rings (SSSR count). The van der Waals surface area contributed by atoms with Crippen molar-refractivity contribution in [2.24, 2.45) is 0 Å². The average Bonchev–Trinajstić information content (AvgIpc) is 3.28. The SMILES string of the molecule is Cc1[nH]c(=O)c(C#N)c(C)c1CCC(=O)N1CCN(Cc2ccc(-c3cccc(Cl)c3)s2)CC1. The number of H-pyrrole nitrogens is 1. The summed E-state index contributed by atoms with van der Waals surface area (Å²) in [5.74, 6) is 0.113. The Morgan fingerprint density at radius 2 is 1.94 bits per heavy atom. The Hall–Kier alpha value is -2.92. The molecule has 1 saturated heterocycles. The Kier molecular flexibility index (Phi) is 7.52. The third-order valence-corrected chi connectivity index (χ3v) is 7.74. The molecule has 0 atom stereocenters. The molecule has 1 aliphatic rings. The number of nitrogens with zero attached hydrogens (tertiary/aromatic N) is 3. The maximum Gasteiger partial charge on any atom is 0.266 e. The summed E-state index contributed by atoms with van der Waals surface area (Å²) in [6.45, 7) is 7.56. The monoisotopic (exact) mass is 494 g/mol. The number of hydrogen-bond acceptors (Lipinski definition) is 5. The lowest BCUT2D eigenvalue weighted by molar-refractivity contribution is -0.132. The van der Waals surface area contributed by atoms with Gasteiger partial charge in [0.2, 0.25) is 5.91 Å². The first-order valence-electron chi connectivity index (χ1n) is 11.3. The zero-order chi connectivity index (χ0) is 24.2. The van der Waals surface area contributed by atoms with Crippen molar-refractivity contribution in [3.63, 3.8) is 0 Å². The number of rotatable bonds is 6. The van der Waals surface area contributed by atoms with Crippen LogP contribution >= 0.6 is 22.9 Å². The molecule has 1 fully saturated rings. The van der Waals surface area contributed by atoms with Gasteiger partial charge in [0.15, 0.2) is 0 Å². The van der Waals surface area contributed by atoms with Gasteiger partial charge in [-0.2, -0.15) is 5.26 Å². The number of hydrogen-bond donors (Lipinski definition) is 1. The number of aryl methyl sites for hydroxylation is 1. The van der Waals surface area contributed by atoms with E-state index in [1.807, 2.05) is 36.1 Å². The highest BCUT2D eigenvalue weighted by atomic mass is 35.5. The van der Waals surface area contributed by atoms with E-state index >= 15 is 0 Å². The third-order valence-electron chi connectivity index (χ3n) is 6.38. The molecule has 0 saturated carbocycles. The lowest BCUT2D eigenvalue weighted by atomic mass is 9.99. The number of piperazine rings is 1. The van der Waals surface area contributed by atoms with E-state index in [1.54, 1.807) is 18.3 Å². The van der Waals surface area contributed by atoms with Crippen LogP contribution in [0.2, 0.25) is 5.02 Å². The van der Waals surface area contributed by atoms with E-state index in [9.17, 15) is 14.9 Å². The molecule has 8 heteroatoms. The molecule has 0 aliphatic carbocycles. The number of pyridine rings is 1. The van der Waals surface area contributed by atoms with Gasteiger partial charge >= 0.3 is 0 Å². The van der Waals surface area contributed by atoms with E-state index in [1.165, 1.54) is 9.75 Å². The zero-order valence-corrected chi connectivity index (χ0v) is 20.9. The number of carbonyl (C=O) groups excluding carboxylic acids is 1. The van der Waals surface area contributed by atoms with E-state index < -0.39 is 0 Å². The summed E-state index contributed by atoms with van der Waals surface area (Å²) >= 11 is 7.90. The maximum atomic E-state index is 12.8. The first-order valence-corrected chi connectivity index (χ1v) is 12.5. The summed E-state index contributed by atoms with van der Waals surface area (Å²) in [5, 5.41) is 9.98. The van der Waals surface area contributed by atoms with Crippen LogP contribution in [0.3, 0.4) is 0 Å². The Morgan fingerprint density at radius 3 is 2.65 bits per heavy atom. The minimum Gasteiger partial charge on any atom is -0.340 e. The second kappa shape index (κ2) is 10.6. The number of carbonyl (C=O) groups is 1. The van der Waals surface area contributed by atoms with Crippen LogP contribution in [0.4, 0.5) is 0 Å². The van der Waals surface area contributed by atoms with Crippen molar-refractivity contribution >= 4 is 28.8 Å². The number of halogens is 1. The largest absolute Gasteiger partial charge is 0.340 e. The van der Waals surface area contributed by atoms with E-state index in [0.29, 0.717) is 31.5 Å². The predicted molar refractivity (Wildman–Crippen MR) is 136 cm³/mol. The van der Waals surface area contributed by atoms with Crippen molar-refractivity contribution in [3.05, 3.63) is 79.0 Å². The van der Waals surface area contributed by atoms with Crippen molar-refractivity contribution in [1.29, 1.82) is 5.26 Å². The molecule has 3 aromatic rings. The van der Waals surface area contributed by atoms with Crippen molar-refractivity contribution < 1.29 is 4.79 Å². The minimum atomic E-state index is -0.367. The van der Waals surface area contributed by atoms with Crippen LogP contribution in [-0.4, -0.2) is 46.9 Å². The molecule has 0 spiro atoms.